The smallest absolute Gasteiger partial charge is 0.406 e. The molecule has 0 radical (unpaired) electrons. The third-order valence-electron chi connectivity index (χ3n) is 5.20. The first kappa shape index (κ1) is 25.9. The van der Waals surface area contributed by atoms with Crippen LogP contribution in [0.2, 0.25) is 0 Å². The molecule has 3 aromatic rings. The summed E-state index contributed by atoms with van der Waals surface area (Å²) in [5.74, 6) is -0.409. The first-order chi connectivity index (χ1) is 16.7. The highest BCUT2D eigenvalue weighted by Gasteiger charge is 2.33. The number of unbranched alkanes of at least 4 members (excludes halogenated alkanes) is 2. The van der Waals surface area contributed by atoms with Gasteiger partial charge in [-0.15, -0.1) is 0 Å². The normalized spacial score (nSPS) is 11.3. The monoisotopic (exact) mass is 489 g/mol. The number of aliphatic carboxylic acids is 1. The Kier molecular flexibility index (Phi) is 8.94. The van der Waals surface area contributed by atoms with Crippen LogP contribution in [-0.2, 0) is 11.3 Å². The molecule has 0 atom stereocenters. The van der Waals surface area contributed by atoms with Gasteiger partial charge >= 0.3 is 12.1 Å². The van der Waals surface area contributed by atoms with E-state index < -0.39 is 24.6 Å². The van der Waals surface area contributed by atoms with Crippen molar-refractivity contribution in [3.8, 4) is 17.1 Å². The second-order valence-electron chi connectivity index (χ2n) is 8.03. The highest BCUT2D eigenvalue weighted by Crippen LogP contribution is 2.24. The van der Waals surface area contributed by atoms with Crippen molar-refractivity contribution in [1.29, 1.82) is 0 Å². The van der Waals surface area contributed by atoms with Gasteiger partial charge in [0.25, 0.3) is 5.91 Å². The highest BCUT2D eigenvalue weighted by molar-refractivity contribution is 5.94. The van der Waals surface area contributed by atoms with E-state index in [9.17, 15) is 22.8 Å². The summed E-state index contributed by atoms with van der Waals surface area (Å²) >= 11 is 0. The number of amides is 1. The standard InChI is InChI=1S/C26H26F3NO5/c27-26(28,29)18-30(25(33)21-11-9-20(10-12-21)23-5-4-16-35-23)17-19-7-13-22(14-8-19)34-15-3-1-2-6-24(31)32/h4-5,7-14,16H,1-3,6,15,17-18H2,(H,31,32). The van der Waals surface area contributed by atoms with Gasteiger partial charge in [0.05, 0.1) is 12.9 Å². The maximum atomic E-state index is 13.2. The van der Waals surface area contributed by atoms with Crippen molar-refractivity contribution >= 4 is 11.9 Å². The maximum Gasteiger partial charge on any atom is 0.406 e. The van der Waals surface area contributed by atoms with Crippen molar-refractivity contribution in [3.63, 3.8) is 0 Å². The van der Waals surface area contributed by atoms with Gasteiger partial charge in [0, 0.05) is 24.1 Å². The summed E-state index contributed by atoms with van der Waals surface area (Å²) in [6, 6.07) is 16.2. The van der Waals surface area contributed by atoms with E-state index in [1.165, 1.54) is 18.4 Å². The van der Waals surface area contributed by atoms with E-state index in [2.05, 4.69) is 0 Å². The van der Waals surface area contributed by atoms with Gasteiger partial charge in [-0.25, -0.2) is 0 Å². The third kappa shape index (κ3) is 8.51. The van der Waals surface area contributed by atoms with Crippen LogP contribution in [0, 0.1) is 0 Å². The van der Waals surface area contributed by atoms with Crippen molar-refractivity contribution in [3.05, 3.63) is 78.1 Å². The average Bonchev–Trinajstić information content (AvgIpc) is 3.35. The summed E-state index contributed by atoms with van der Waals surface area (Å²) in [6.07, 6.45) is -0.920. The lowest BCUT2D eigenvalue weighted by Crippen LogP contribution is -2.38. The van der Waals surface area contributed by atoms with Gasteiger partial charge in [0.2, 0.25) is 0 Å². The zero-order valence-corrected chi connectivity index (χ0v) is 19.0. The third-order valence-corrected chi connectivity index (χ3v) is 5.20. The Labute approximate surface area is 200 Å². The highest BCUT2D eigenvalue weighted by atomic mass is 19.4. The molecule has 6 nitrogen and oxygen atoms in total. The molecule has 0 aliphatic heterocycles. The van der Waals surface area contributed by atoms with Gasteiger partial charge < -0.3 is 19.2 Å². The molecule has 0 saturated carbocycles. The number of ether oxygens (including phenoxy) is 1. The Hall–Kier alpha value is -3.75. The van der Waals surface area contributed by atoms with Crippen LogP contribution in [0.3, 0.4) is 0 Å². The van der Waals surface area contributed by atoms with Gasteiger partial charge in [-0.1, -0.05) is 24.3 Å². The minimum Gasteiger partial charge on any atom is -0.494 e. The molecule has 1 amide bonds. The molecular weight excluding hydrogens is 463 g/mol. The quantitative estimate of drug-likeness (QED) is 0.308. The number of halogens is 3. The van der Waals surface area contributed by atoms with Crippen LogP contribution in [-0.4, -0.2) is 41.2 Å². The summed E-state index contributed by atoms with van der Waals surface area (Å²) in [6.45, 7) is -1.18. The summed E-state index contributed by atoms with van der Waals surface area (Å²) in [7, 11) is 0. The molecule has 1 N–H and O–H groups in total. The van der Waals surface area contributed by atoms with Crippen LogP contribution in [0.25, 0.3) is 11.3 Å². The number of carboxylic acids is 1. The lowest BCUT2D eigenvalue weighted by atomic mass is 10.1. The minimum absolute atomic E-state index is 0.121. The number of furan rings is 1. The van der Waals surface area contributed by atoms with E-state index in [1.54, 1.807) is 48.5 Å². The Bertz CT molecular complexity index is 1080. The van der Waals surface area contributed by atoms with Crippen molar-refractivity contribution in [2.45, 2.75) is 38.4 Å². The van der Waals surface area contributed by atoms with Gasteiger partial charge in [0.1, 0.15) is 18.1 Å². The molecule has 0 aliphatic rings. The van der Waals surface area contributed by atoms with E-state index in [0.29, 0.717) is 42.1 Å². The lowest BCUT2D eigenvalue weighted by molar-refractivity contribution is -0.141. The minimum atomic E-state index is -4.55. The van der Waals surface area contributed by atoms with Crippen LogP contribution < -0.4 is 4.74 Å². The van der Waals surface area contributed by atoms with Crippen LogP contribution >= 0.6 is 0 Å². The first-order valence-corrected chi connectivity index (χ1v) is 11.1. The Balaban J connectivity index is 1.60. The molecule has 0 bridgehead atoms. The van der Waals surface area contributed by atoms with Crippen molar-refractivity contribution in [1.82, 2.24) is 4.90 Å². The lowest BCUT2D eigenvalue weighted by Gasteiger charge is -2.24. The number of alkyl halides is 3. The molecule has 0 aliphatic carbocycles. The predicted octanol–water partition coefficient (Wildman–Crippen LogP) is 6.18. The SMILES string of the molecule is O=C(O)CCCCCOc1ccc(CN(CC(F)(F)F)C(=O)c2ccc(-c3ccco3)cc2)cc1. The summed E-state index contributed by atoms with van der Waals surface area (Å²) in [5.41, 5.74) is 1.39. The van der Waals surface area contributed by atoms with Crippen LogP contribution in [0.15, 0.2) is 71.3 Å². The first-order valence-electron chi connectivity index (χ1n) is 11.1. The number of benzene rings is 2. The summed E-state index contributed by atoms with van der Waals surface area (Å²) < 4.78 is 50.5. The van der Waals surface area contributed by atoms with Crippen molar-refractivity contribution in [2.75, 3.05) is 13.2 Å². The van der Waals surface area contributed by atoms with Crippen LogP contribution in [0.4, 0.5) is 13.2 Å². The largest absolute Gasteiger partial charge is 0.494 e. The Morgan fingerprint density at radius 3 is 2.26 bits per heavy atom. The Morgan fingerprint density at radius 2 is 1.66 bits per heavy atom. The number of nitrogens with zero attached hydrogens (tertiary/aromatic N) is 1. The Morgan fingerprint density at radius 1 is 0.943 bits per heavy atom. The molecule has 0 fully saturated rings. The van der Waals surface area contributed by atoms with Gasteiger partial charge in [-0.2, -0.15) is 13.2 Å². The van der Waals surface area contributed by atoms with E-state index in [-0.39, 0.29) is 18.5 Å². The molecule has 9 heteroatoms. The van der Waals surface area contributed by atoms with Crippen LogP contribution in [0.1, 0.15) is 41.6 Å². The van der Waals surface area contributed by atoms with Gasteiger partial charge in [0.15, 0.2) is 0 Å². The second-order valence-corrected chi connectivity index (χ2v) is 8.03. The zero-order chi connectivity index (χ0) is 25.3. The molecular formula is C26H26F3NO5. The molecule has 186 valence electrons. The van der Waals surface area contributed by atoms with E-state index in [4.69, 9.17) is 14.3 Å². The summed E-state index contributed by atoms with van der Waals surface area (Å²) in [4.78, 5) is 24.2. The molecule has 3 rings (SSSR count). The predicted molar refractivity (Wildman–Crippen MR) is 123 cm³/mol. The van der Waals surface area contributed by atoms with E-state index in [1.807, 2.05) is 0 Å². The van der Waals surface area contributed by atoms with E-state index >= 15 is 0 Å². The van der Waals surface area contributed by atoms with Crippen molar-refractivity contribution < 1.29 is 37.0 Å². The zero-order valence-electron chi connectivity index (χ0n) is 19.0. The fourth-order valence-electron chi connectivity index (χ4n) is 3.47. The molecule has 0 saturated heterocycles. The average molecular weight is 489 g/mol. The number of carbonyl (C=O) groups is 2. The number of hydrogen-bond donors (Lipinski definition) is 1. The van der Waals surface area contributed by atoms with Gasteiger partial charge in [-0.3, -0.25) is 9.59 Å². The van der Waals surface area contributed by atoms with Crippen LogP contribution in [0.5, 0.6) is 5.75 Å². The number of carbonyl (C=O) groups excluding carboxylic acids is 1. The number of rotatable bonds is 12. The number of hydrogen-bond acceptors (Lipinski definition) is 4. The summed E-state index contributed by atoms with van der Waals surface area (Å²) in [5, 5.41) is 8.62. The van der Waals surface area contributed by atoms with Gasteiger partial charge in [-0.05, 0) is 61.2 Å². The topological polar surface area (TPSA) is 80.0 Å². The second kappa shape index (κ2) is 12.1. The molecule has 1 heterocycles. The molecule has 35 heavy (non-hydrogen) atoms. The fourth-order valence-corrected chi connectivity index (χ4v) is 3.47. The molecule has 2 aromatic carbocycles. The molecule has 0 spiro atoms. The maximum absolute atomic E-state index is 13.2. The van der Waals surface area contributed by atoms with Crippen molar-refractivity contribution in [2.24, 2.45) is 0 Å². The van der Waals surface area contributed by atoms with E-state index in [0.717, 1.165) is 11.3 Å². The molecule has 0 unspecified atom stereocenters. The molecule has 1 aromatic heterocycles. The number of carboxylic acid groups (broad SMARTS) is 1. The fraction of sp³-hybridized carbons (Fsp3) is 0.308.